The molecule has 0 heterocycles. The van der Waals surface area contributed by atoms with E-state index in [0.717, 1.165) is 5.92 Å². The molecule has 0 amide bonds. The van der Waals surface area contributed by atoms with Crippen LogP contribution in [0.2, 0.25) is 0 Å². The van der Waals surface area contributed by atoms with Gasteiger partial charge in [-0.15, -0.1) is 0 Å². The smallest absolute Gasteiger partial charge is 0.298 e. The Hall–Kier alpha value is -1.57. The maximum atomic E-state index is 10.4. The molecule has 2 nitrogen and oxygen atoms in total. The van der Waals surface area contributed by atoms with Gasteiger partial charge in [-0.1, -0.05) is 12.2 Å². The molecule has 2 aliphatic carbocycles. The number of allylic oxidation sites excluding steroid dienone is 2. The minimum absolute atomic E-state index is 0.494. The third-order valence-electron chi connectivity index (χ3n) is 4.40. The summed E-state index contributed by atoms with van der Waals surface area (Å²) in [7, 11) is 0. The van der Waals surface area contributed by atoms with Crippen LogP contribution in [-0.4, -0.2) is 6.47 Å². The zero-order chi connectivity index (χ0) is 12.7. The topological polar surface area (TPSA) is 26.3 Å². The molecule has 0 radical (unpaired) electrons. The Balaban J connectivity index is 1.97. The zero-order valence-electron chi connectivity index (χ0n) is 10.8. The molecule has 3 unspecified atom stereocenters. The van der Waals surface area contributed by atoms with Crippen molar-refractivity contribution in [3.8, 4) is 5.75 Å². The van der Waals surface area contributed by atoms with Gasteiger partial charge in [-0.3, -0.25) is 4.79 Å². The fourth-order valence-electron chi connectivity index (χ4n) is 3.76. The predicted molar refractivity (Wildman–Crippen MR) is 70.7 cm³/mol. The van der Waals surface area contributed by atoms with Crippen molar-refractivity contribution in [3.63, 3.8) is 0 Å². The van der Waals surface area contributed by atoms with E-state index in [1.165, 1.54) is 29.5 Å². The molecule has 0 saturated heterocycles. The summed E-state index contributed by atoms with van der Waals surface area (Å²) in [4.78, 5) is 10.4. The van der Waals surface area contributed by atoms with Crippen molar-refractivity contribution in [1.29, 1.82) is 0 Å². The number of carbonyl (C=O) groups excluding carboxylic acids is 1. The van der Waals surface area contributed by atoms with E-state index < -0.39 is 0 Å². The zero-order valence-corrected chi connectivity index (χ0v) is 10.8. The van der Waals surface area contributed by atoms with Crippen molar-refractivity contribution in [2.24, 2.45) is 11.8 Å². The van der Waals surface area contributed by atoms with E-state index in [-0.39, 0.29) is 0 Å². The summed E-state index contributed by atoms with van der Waals surface area (Å²) in [6, 6.07) is 3.96. The predicted octanol–water partition coefficient (Wildman–Crippen LogP) is 3.52. The summed E-state index contributed by atoms with van der Waals surface area (Å²) in [6.45, 7) is 4.74. The Morgan fingerprint density at radius 1 is 1.17 bits per heavy atom. The van der Waals surface area contributed by atoms with Gasteiger partial charge >= 0.3 is 0 Å². The first-order chi connectivity index (χ1) is 8.69. The lowest BCUT2D eigenvalue weighted by Crippen LogP contribution is -2.09. The van der Waals surface area contributed by atoms with E-state index in [1.807, 2.05) is 12.1 Å². The summed E-state index contributed by atoms with van der Waals surface area (Å²) < 4.78 is 4.95. The summed E-state index contributed by atoms with van der Waals surface area (Å²) in [6.07, 6.45) is 7.34. The minimum Gasteiger partial charge on any atom is -0.429 e. The lowest BCUT2D eigenvalue weighted by atomic mass is 9.82. The number of hydrogen-bond acceptors (Lipinski definition) is 2. The van der Waals surface area contributed by atoms with Crippen molar-refractivity contribution in [3.05, 3.63) is 41.0 Å². The first-order valence-electron chi connectivity index (χ1n) is 6.59. The molecule has 2 aliphatic rings. The molecular weight excluding hydrogens is 224 g/mol. The van der Waals surface area contributed by atoms with Gasteiger partial charge in [0.15, 0.2) is 0 Å². The fraction of sp³-hybridized carbons (Fsp3) is 0.438. The Kier molecular flexibility index (Phi) is 2.73. The molecule has 94 valence electrons. The number of fused-ring (bicyclic) bond motifs is 2. The lowest BCUT2D eigenvalue weighted by Gasteiger charge is -2.23. The molecule has 1 aromatic rings. The van der Waals surface area contributed by atoms with Gasteiger partial charge in [0.2, 0.25) is 0 Å². The van der Waals surface area contributed by atoms with Crippen molar-refractivity contribution >= 4 is 6.47 Å². The molecule has 1 fully saturated rings. The standard InChI is InChI=1S/C16H18O2/c1-10-5-14(18-9-17)6-11(2)16(10)15-8-12-3-4-13(15)7-12/h3-6,9,12-13,15H,7-8H2,1-2H3. The highest BCUT2D eigenvalue weighted by atomic mass is 16.5. The Morgan fingerprint density at radius 2 is 1.89 bits per heavy atom. The Morgan fingerprint density at radius 3 is 2.39 bits per heavy atom. The number of hydrogen-bond donors (Lipinski definition) is 0. The van der Waals surface area contributed by atoms with E-state index >= 15 is 0 Å². The van der Waals surface area contributed by atoms with Crippen LogP contribution < -0.4 is 4.74 Å². The minimum atomic E-state index is 0.494. The molecule has 2 bridgehead atoms. The maximum absolute atomic E-state index is 10.4. The van der Waals surface area contributed by atoms with Crippen molar-refractivity contribution in [1.82, 2.24) is 0 Å². The summed E-state index contributed by atoms with van der Waals surface area (Å²) in [5, 5.41) is 0. The molecule has 3 rings (SSSR count). The number of carbonyl (C=O) groups is 1. The van der Waals surface area contributed by atoms with Gasteiger partial charge in [0.1, 0.15) is 5.75 Å². The average Bonchev–Trinajstić information content (AvgIpc) is 2.90. The van der Waals surface area contributed by atoms with Crippen LogP contribution in [0, 0.1) is 25.7 Å². The highest BCUT2D eigenvalue weighted by Gasteiger charge is 2.37. The molecule has 0 aromatic heterocycles. The van der Waals surface area contributed by atoms with Gasteiger partial charge in [-0.25, -0.2) is 0 Å². The van der Waals surface area contributed by atoms with Crippen LogP contribution in [0.15, 0.2) is 24.3 Å². The van der Waals surface area contributed by atoms with Gasteiger partial charge in [0.25, 0.3) is 6.47 Å². The number of ether oxygens (including phenoxy) is 1. The quantitative estimate of drug-likeness (QED) is 0.599. The van der Waals surface area contributed by atoms with E-state index in [1.54, 1.807) is 0 Å². The molecule has 1 saturated carbocycles. The largest absolute Gasteiger partial charge is 0.429 e. The molecule has 3 atom stereocenters. The monoisotopic (exact) mass is 242 g/mol. The van der Waals surface area contributed by atoms with Gasteiger partial charge in [0, 0.05) is 0 Å². The van der Waals surface area contributed by atoms with Crippen LogP contribution in [-0.2, 0) is 4.79 Å². The van der Waals surface area contributed by atoms with E-state index in [2.05, 4.69) is 26.0 Å². The van der Waals surface area contributed by atoms with Crippen LogP contribution in [0.3, 0.4) is 0 Å². The SMILES string of the molecule is Cc1cc(OC=O)cc(C)c1C1CC2C=CC1C2. The third-order valence-corrected chi connectivity index (χ3v) is 4.40. The maximum Gasteiger partial charge on any atom is 0.298 e. The van der Waals surface area contributed by atoms with Crippen molar-refractivity contribution < 1.29 is 9.53 Å². The lowest BCUT2D eigenvalue weighted by molar-refractivity contribution is -0.120. The summed E-state index contributed by atoms with van der Waals surface area (Å²) >= 11 is 0. The number of benzene rings is 1. The summed E-state index contributed by atoms with van der Waals surface area (Å²) in [5.74, 6) is 2.81. The first-order valence-corrected chi connectivity index (χ1v) is 6.59. The van der Waals surface area contributed by atoms with E-state index in [4.69, 9.17) is 4.74 Å². The highest BCUT2D eigenvalue weighted by Crippen LogP contribution is 2.50. The van der Waals surface area contributed by atoms with Crippen LogP contribution in [0.1, 0.15) is 35.4 Å². The second-order valence-corrected chi connectivity index (χ2v) is 5.57. The molecule has 0 aliphatic heterocycles. The van der Waals surface area contributed by atoms with Gasteiger partial charge < -0.3 is 4.74 Å². The highest BCUT2D eigenvalue weighted by molar-refractivity contribution is 5.50. The summed E-state index contributed by atoms with van der Waals surface area (Å²) in [5.41, 5.74) is 3.96. The van der Waals surface area contributed by atoms with Gasteiger partial charge in [0.05, 0.1) is 0 Å². The second kappa shape index (κ2) is 4.27. The van der Waals surface area contributed by atoms with Crippen LogP contribution in [0.25, 0.3) is 0 Å². The Labute approximate surface area is 108 Å². The van der Waals surface area contributed by atoms with Crippen molar-refractivity contribution in [2.75, 3.05) is 0 Å². The molecular formula is C16H18O2. The number of rotatable bonds is 3. The molecule has 0 N–H and O–H groups in total. The average molecular weight is 242 g/mol. The molecule has 18 heavy (non-hydrogen) atoms. The van der Waals surface area contributed by atoms with Crippen LogP contribution >= 0.6 is 0 Å². The number of aryl methyl sites for hydroxylation is 2. The van der Waals surface area contributed by atoms with E-state index in [0.29, 0.717) is 24.1 Å². The van der Waals surface area contributed by atoms with Crippen LogP contribution in [0.5, 0.6) is 5.75 Å². The fourth-order valence-corrected chi connectivity index (χ4v) is 3.76. The third kappa shape index (κ3) is 1.76. The van der Waals surface area contributed by atoms with Crippen molar-refractivity contribution in [2.45, 2.75) is 32.6 Å². The second-order valence-electron chi connectivity index (χ2n) is 5.57. The van der Waals surface area contributed by atoms with Gasteiger partial charge in [-0.2, -0.15) is 0 Å². The molecule has 0 spiro atoms. The normalized spacial score (nSPS) is 28.7. The molecule has 2 heteroatoms. The Bertz CT molecular complexity index is 493. The molecule has 1 aromatic carbocycles. The van der Waals surface area contributed by atoms with Gasteiger partial charge in [-0.05, 0) is 73.3 Å². The first kappa shape index (κ1) is 11.5. The van der Waals surface area contributed by atoms with E-state index in [9.17, 15) is 4.79 Å². The van der Waals surface area contributed by atoms with Crippen LogP contribution in [0.4, 0.5) is 0 Å².